The molecular formula is C10H15N3O. The highest BCUT2D eigenvalue weighted by Gasteiger charge is 2.58. The number of rotatable bonds is 2. The molecule has 3 aliphatic rings. The van der Waals surface area contributed by atoms with E-state index in [9.17, 15) is 5.11 Å². The number of hydrogen-bond donors (Lipinski definition) is 2. The minimum absolute atomic E-state index is 0.191. The summed E-state index contributed by atoms with van der Waals surface area (Å²) in [6.07, 6.45) is 5.42. The predicted octanol–water partition coefficient (Wildman–Crippen LogP) is 1.12. The van der Waals surface area contributed by atoms with Crippen molar-refractivity contribution in [2.45, 2.75) is 37.8 Å². The van der Waals surface area contributed by atoms with Crippen LogP contribution < -0.4 is 5.73 Å². The second-order valence-corrected chi connectivity index (χ2v) is 4.84. The summed E-state index contributed by atoms with van der Waals surface area (Å²) < 4.78 is 1.93. The van der Waals surface area contributed by atoms with Crippen molar-refractivity contribution in [3.8, 4) is 5.75 Å². The van der Waals surface area contributed by atoms with E-state index in [0.29, 0.717) is 5.69 Å². The molecule has 3 fully saturated rings. The quantitative estimate of drug-likeness (QED) is 0.739. The first-order chi connectivity index (χ1) is 6.61. The summed E-state index contributed by atoms with van der Waals surface area (Å²) in [7, 11) is 0. The number of aromatic hydroxyl groups is 1. The average molecular weight is 193 g/mol. The van der Waals surface area contributed by atoms with Crippen LogP contribution in [0.25, 0.3) is 0 Å². The lowest BCUT2D eigenvalue weighted by atomic mass is 9.50. The van der Waals surface area contributed by atoms with Crippen LogP contribution in [0.15, 0.2) is 6.20 Å². The van der Waals surface area contributed by atoms with Crippen molar-refractivity contribution in [1.29, 1.82) is 0 Å². The van der Waals surface area contributed by atoms with E-state index in [1.165, 1.54) is 19.3 Å². The molecule has 4 nitrogen and oxygen atoms in total. The van der Waals surface area contributed by atoms with Crippen LogP contribution in [-0.4, -0.2) is 14.9 Å². The van der Waals surface area contributed by atoms with Crippen molar-refractivity contribution < 1.29 is 5.11 Å². The second-order valence-electron chi connectivity index (χ2n) is 4.84. The molecule has 3 saturated carbocycles. The summed E-state index contributed by atoms with van der Waals surface area (Å²) in [6.45, 7) is 1.84. The fourth-order valence-electron chi connectivity index (χ4n) is 2.66. The molecule has 3 aliphatic carbocycles. The monoisotopic (exact) mass is 193 g/mol. The zero-order valence-electron chi connectivity index (χ0n) is 8.27. The maximum atomic E-state index is 9.64. The van der Waals surface area contributed by atoms with E-state index in [-0.39, 0.29) is 17.3 Å². The Morgan fingerprint density at radius 1 is 1.64 bits per heavy atom. The zero-order chi connectivity index (χ0) is 9.92. The van der Waals surface area contributed by atoms with E-state index in [1.807, 2.05) is 11.6 Å². The molecule has 0 radical (unpaired) electrons. The van der Waals surface area contributed by atoms with Gasteiger partial charge in [0, 0.05) is 6.04 Å². The van der Waals surface area contributed by atoms with E-state index >= 15 is 0 Å². The van der Waals surface area contributed by atoms with Gasteiger partial charge in [-0.1, -0.05) is 0 Å². The highest BCUT2D eigenvalue weighted by molar-refractivity contribution is 5.27. The Kier molecular flexibility index (Phi) is 1.37. The Bertz CT molecular complexity index is 366. The zero-order valence-corrected chi connectivity index (χ0v) is 8.27. The third-order valence-electron chi connectivity index (χ3n) is 3.65. The largest absolute Gasteiger partial charge is 0.504 e. The molecular weight excluding hydrogens is 178 g/mol. The van der Waals surface area contributed by atoms with Crippen molar-refractivity contribution in [2.75, 3.05) is 0 Å². The summed E-state index contributed by atoms with van der Waals surface area (Å²) in [4.78, 5) is 0. The van der Waals surface area contributed by atoms with Crippen LogP contribution in [0.4, 0.5) is 0 Å². The smallest absolute Gasteiger partial charge is 0.158 e. The van der Waals surface area contributed by atoms with Crippen molar-refractivity contribution in [3.63, 3.8) is 0 Å². The van der Waals surface area contributed by atoms with Crippen LogP contribution in [0.5, 0.6) is 5.75 Å². The lowest BCUT2D eigenvalue weighted by Crippen LogP contribution is -2.59. The number of nitrogens with zero attached hydrogens (tertiary/aromatic N) is 2. The van der Waals surface area contributed by atoms with E-state index in [4.69, 9.17) is 5.73 Å². The Hall–Kier alpha value is -1.03. The fourth-order valence-corrected chi connectivity index (χ4v) is 2.66. The highest BCUT2D eigenvalue weighted by atomic mass is 16.3. The normalized spacial score (nSPS) is 36.0. The number of nitrogens with two attached hydrogens (primary N) is 1. The van der Waals surface area contributed by atoms with Gasteiger partial charge in [-0.05, 0) is 32.1 Å². The van der Waals surface area contributed by atoms with Gasteiger partial charge in [0.05, 0.1) is 11.7 Å². The van der Waals surface area contributed by atoms with Gasteiger partial charge < -0.3 is 10.8 Å². The van der Waals surface area contributed by atoms with Gasteiger partial charge in [0.25, 0.3) is 0 Å². The first-order valence-corrected chi connectivity index (χ1v) is 5.15. The molecule has 0 amide bonds. The van der Waals surface area contributed by atoms with Crippen LogP contribution in [-0.2, 0) is 5.54 Å². The topological polar surface area (TPSA) is 64.1 Å². The second kappa shape index (κ2) is 2.31. The van der Waals surface area contributed by atoms with Gasteiger partial charge in [0.15, 0.2) is 5.75 Å². The first-order valence-electron chi connectivity index (χ1n) is 5.15. The third kappa shape index (κ3) is 0.843. The summed E-state index contributed by atoms with van der Waals surface area (Å²) in [6, 6.07) is -0.191. The minimum atomic E-state index is -0.191. The summed E-state index contributed by atoms with van der Waals surface area (Å²) in [5, 5.41) is 14.0. The van der Waals surface area contributed by atoms with Gasteiger partial charge in [0.1, 0.15) is 5.69 Å². The molecule has 0 spiro atoms. The third-order valence-corrected chi connectivity index (χ3v) is 3.65. The lowest BCUT2D eigenvalue weighted by molar-refractivity contribution is -0.0981. The maximum Gasteiger partial charge on any atom is 0.158 e. The Labute approximate surface area is 82.7 Å². The van der Waals surface area contributed by atoms with Crippen molar-refractivity contribution in [2.24, 2.45) is 11.7 Å². The average Bonchev–Trinajstić information content (AvgIpc) is 2.24. The van der Waals surface area contributed by atoms with Crippen LogP contribution in [0.3, 0.4) is 0 Å². The van der Waals surface area contributed by atoms with E-state index in [0.717, 1.165) is 5.92 Å². The Balaban J connectivity index is 1.96. The van der Waals surface area contributed by atoms with Gasteiger partial charge >= 0.3 is 0 Å². The Morgan fingerprint density at radius 3 is 2.64 bits per heavy atom. The number of hydrogen-bond acceptors (Lipinski definition) is 3. The van der Waals surface area contributed by atoms with E-state index in [1.54, 1.807) is 6.20 Å². The fraction of sp³-hybridized carbons (Fsp3) is 0.700. The van der Waals surface area contributed by atoms with Crippen molar-refractivity contribution in [1.82, 2.24) is 9.78 Å². The standard InChI is InChI=1S/C10H15N3O/c1-6(11)9-8(14)5-13(12-9)10-2-7(3-10)4-10/h5-7,14H,2-4,11H2,1H3. The molecule has 14 heavy (non-hydrogen) atoms. The van der Waals surface area contributed by atoms with E-state index < -0.39 is 0 Å². The summed E-state index contributed by atoms with van der Waals surface area (Å²) in [5.41, 5.74) is 6.57. The van der Waals surface area contributed by atoms with Crippen molar-refractivity contribution >= 4 is 0 Å². The summed E-state index contributed by atoms with van der Waals surface area (Å²) >= 11 is 0. The van der Waals surface area contributed by atoms with Crippen LogP contribution in [0, 0.1) is 5.92 Å². The first kappa shape index (κ1) is 8.29. The minimum Gasteiger partial charge on any atom is -0.504 e. The summed E-state index contributed by atoms with van der Waals surface area (Å²) in [5.74, 6) is 1.16. The molecule has 76 valence electrons. The van der Waals surface area contributed by atoms with Crippen LogP contribution in [0.2, 0.25) is 0 Å². The molecule has 1 aromatic heterocycles. The lowest BCUT2D eigenvalue weighted by Gasteiger charge is -2.61. The van der Waals surface area contributed by atoms with Gasteiger partial charge in [0.2, 0.25) is 0 Å². The molecule has 1 atom stereocenters. The molecule has 0 saturated heterocycles. The van der Waals surface area contributed by atoms with Crippen molar-refractivity contribution in [3.05, 3.63) is 11.9 Å². The molecule has 3 N–H and O–H groups in total. The Morgan fingerprint density at radius 2 is 2.29 bits per heavy atom. The molecule has 0 aromatic carbocycles. The molecule has 0 aliphatic heterocycles. The van der Waals surface area contributed by atoms with Gasteiger partial charge in [-0.3, -0.25) is 4.68 Å². The van der Waals surface area contributed by atoms with Gasteiger partial charge in [-0.25, -0.2) is 0 Å². The predicted molar refractivity (Wildman–Crippen MR) is 51.8 cm³/mol. The highest BCUT2D eigenvalue weighted by Crippen LogP contribution is 2.62. The molecule has 2 bridgehead atoms. The number of aromatic nitrogens is 2. The van der Waals surface area contributed by atoms with E-state index in [2.05, 4.69) is 5.10 Å². The molecule has 4 heteroatoms. The van der Waals surface area contributed by atoms with Crippen LogP contribution >= 0.6 is 0 Å². The molecule has 1 aromatic rings. The SMILES string of the molecule is CC(N)c1nn(C23CC(C2)C3)cc1O. The molecule has 1 heterocycles. The van der Waals surface area contributed by atoms with Crippen LogP contribution in [0.1, 0.15) is 37.9 Å². The van der Waals surface area contributed by atoms with Gasteiger partial charge in [-0.2, -0.15) is 5.10 Å². The molecule has 4 rings (SSSR count). The maximum absolute atomic E-state index is 9.64. The van der Waals surface area contributed by atoms with Gasteiger partial charge in [-0.15, -0.1) is 0 Å². The molecule has 1 unspecified atom stereocenters.